The van der Waals surface area contributed by atoms with E-state index in [0.29, 0.717) is 18.3 Å². The van der Waals surface area contributed by atoms with Gasteiger partial charge in [0.25, 0.3) is 0 Å². The van der Waals surface area contributed by atoms with Crippen molar-refractivity contribution in [3.05, 3.63) is 74.3 Å². The summed E-state index contributed by atoms with van der Waals surface area (Å²) in [4.78, 5) is 10.9. The molecule has 2 atom stereocenters. The van der Waals surface area contributed by atoms with E-state index in [9.17, 15) is 4.79 Å². The second-order valence-corrected chi connectivity index (χ2v) is 9.52. The minimum atomic E-state index is -0.738. The van der Waals surface area contributed by atoms with Gasteiger partial charge in [-0.3, -0.25) is 4.79 Å². The van der Waals surface area contributed by atoms with E-state index in [1.807, 2.05) is 6.07 Å². The fraction of sp³-hybridized carbons (Fsp3) is 0.444. The Hall–Kier alpha value is -2.10. The van der Waals surface area contributed by atoms with Crippen LogP contribution in [0.4, 0.5) is 0 Å². The Labute approximate surface area is 190 Å². The summed E-state index contributed by atoms with van der Waals surface area (Å²) in [7, 11) is 0. The number of carboxylic acids is 1. The van der Waals surface area contributed by atoms with Crippen molar-refractivity contribution in [3.63, 3.8) is 0 Å². The topological polar surface area (TPSA) is 46.5 Å². The van der Waals surface area contributed by atoms with Gasteiger partial charge in [0.15, 0.2) is 0 Å². The number of aliphatic carboxylic acids is 1. The Bertz CT molecular complexity index is 1040. The maximum Gasteiger partial charge on any atom is 0.303 e. The molecule has 0 spiro atoms. The van der Waals surface area contributed by atoms with Crippen molar-refractivity contribution in [2.75, 3.05) is 13.2 Å². The van der Waals surface area contributed by atoms with Crippen molar-refractivity contribution < 1.29 is 14.6 Å². The molecule has 1 fully saturated rings. The van der Waals surface area contributed by atoms with Crippen molar-refractivity contribution in [2.45, 2.75) is 58.8 Å². The lowest BCUT2D eigenvalue weighted by Crippen LogP contribution is -2.12. The van der Waals surface area contributed by atoms with Crippen molar-refractivity contribution in [3.8, 4) is 0 Å². The van der Waals surface area contributed by atoms with Gasteiger partial charge in [0.2, 0.25) is 0 Å². The number of benzene rings is 2. The summed E-state index contributed by atoms with van der Waals surface area (Å²) in [6, 6.07) is 10.7. The molecule has 2 aromatic carbocycles. The van der Waals surface area contributed by atoms with Gasteiger partial charge in [0.05, 0.1) is 13.2 Å². The summed E-state index contributed by atoms with van der Waals surface area (Å²) in [5.41, 5.74) is 10.5. The van der Waals surface area contributed by atoms with Gasteiger partial charge in [-0.25, -0.2) is 0 Å². The Kier molecular flexibility index (Phi) is 6.55. The fourth-order valence-corrected chi connectivity index (χ4v) is 5.10. The van der Waals surface area contributed by atoms with Crippen LogP contribution in [0.2, 0.25) is 5.02 Å². The van der Waals surface area contributed by atoms with E-state index >= 15 is 0 Å². The molecular formula is C27H31ClO3. The minimum absolute atomic E-state index is 0.187. The van der Waals surface area contributed by atoms with Crippen LogP contribution in [0.3, 0.4) is 0 Å². The van der Waals surface area contributed by atoms with Gasteiger partial charge in [0.1, 0.15) is 0 Å². The third kappa shape index (κ3) is 4.88. The van der Waals surface area contributed by atoms with Gasteiger partial charge in [-0.1, -0.05) is 35.9 Å². The molecule has 0 aromatic heterocycles. The number of hydrogen-bond donors (Lipinski definition) is 1. The second kappa shape index (κ2) is 9.18. The lowest BCUT2D eigenvalue weighted by atomic mass is 9.90. The summed E-state index contributed by atoms with van der Waals surface area (Å²) >= 11 is 6.24. The van der Waals surface area contributed by atoms with E-state index in [-0.39, 0.29) is 6.42 Å². The van der Waals surface area contributed by atoms with Crippen molar-refractivity contribution in [2.24, 2.45) is 5.92 Å². The number of aryl methyl sites for hydroxylation is 2. The third-order valence-corrected chi connectivity index (χ3v) is 7.51. The molecule has 0 saturated heterocycles. The minimum Gasteiger partial charge on any atom is -0.481 e. The number of ether oxygens (including phenoxy) is 1. The van der Waals surface area contributed by atoms with Gasteiger partial charge in [-0.05, 0) is 109 Å². The molecule has 2 aliphatic rings. The molecule has 3 nitrogen and oxygen atoms in total. The molecule has 4 rings (SSSR count). The van der Waals surface area contributed by atoms with Crippen LogP contribution in [0.15, 0.2) is 35.9 Å². The standard InChI is InChI=1S/C27H31ClO3/c1-16-12-20(5-8-26(16)28)24-10-11-31-15-22(24)13-21-14-25(21)23-7-4-19(6-9-27(29)30)17(2)18(23)3/h4-5,7-8,12,21,25H,6,9-11,13-15H2,1-3H3,(H,29,30). The Morgan fingerprint density at radius 3 is 2.71 bits per heavy atom. The molecule has 2 aromatic rings. The van der Waals surface area contributed by atoms with E-state index < -0.39 is 5.97 Å². The molecule has 31 heavy (non-hydrogen) atoms. The van der Waals surface area contributed by atoms with E-state index in [2.05, 4.69) is 45.0 Å². The molecule has 1 aliphatic carbocycles. The number of rotatable bonds is 7. The van der Waals surface area contributed by atoms with Crippen LogP contribution in [0.1, 0.15) is 65.0 Å². The molecule has 0 bridgehead atoms. The first-order valence-electron chi connectivity index (χ1n) is 11.2. The highest BCUT2D eigenvalue weighted by molar-refractivity contribution is 6.31. The number of carbonyl (C=O) groups is 1. The highest BCUT2D eigenvalue weighted by Crippen LogP contribution is 2.53. The molecule has 4 heteroatoms. The zero-order valence-electron chi connectivity index (χ0n) is 18.6. The van der Waals surface area contributed by atoms with Gasteiger partial charge >= 0.3 is 5.97 Å². The Balaban J connectivity index is 1.51. The maximum absolute atomic E-state index is 10.9. The van der Waals surface area contributed by atoms with E-state index in [4.69, 9.17) is 21.4 Å². The molecule has 2 unspecified atom stereocenters. The average Bonchev–Trinajstić information content (AvgIpc) is 3.50. The van der Waals surface area contributed by atoms with Crippen LogP contribution in [0.25, 0.3) is 5.57 Å². The first-order chi connectivity index (χ1) is 14.8. The lowest BCUT2D eigenvalue weighted by Gasteiger charge is -2.22. The summed E-state index contributed by atoms with van der Waals surface area (Å²) in [5.74, 6) is 0.510. The average molecular weight is 439 g/mol. The molecule has 0 radical (unpaired) electrons. The van der Waals surface area contributed by atoms with Crippen LogP contribution in [-0.2, 0) is 16.0 Å². The SMILES string of the molecule is Cc1cc(C2=C(CC3CC3c3ccc(CCC(=O)O)c(C)c3C)COCC2)ccc1Cl. The monoisotopic (exact) mass is 438 g/mol. The lowest BCUT2D eigenvalue weighted by molar-refractivity contribution is -0.136. The molecule has 1 aliphatic heterocycles. The van der Waals surface area contributed by atoms with Crippen molar-refractivity contribution >= 4 is 23.1 Å². The van der Waals surface area contributed by atoms with Crippen molar-refractivity contribution in [1.82, 2.24) is 0 Å². The smallest absolute Gasteiger partial charge is 0.303 e. The van der Waals surface area contributed by atoms with Crippen LogP contribution >= 0.6 is 11.6 Å². The van der Waals surface area contributed by atoms with Crippen molar-refractivity contribution in [1.29, 1.82) is 0 Å². The van der Waals surface area contributed by atoms with E-state index in [1.165, 1.54) is 39.8 Å². The summed E-state index contributed by atoms with van der Waals surface area (Å²) < 4.78 is 5.83. The second-order valence-electron chi connectivity index (χ2n) is 9.11. The van der Waals surface area contributed by atoms with Gasteiger partial charge in [0, 0.05) is 11.4 Å². The number of halogens is 1. The highest BCUT2D eigenvalue weighted by Gasteiger charge is 2.40. The van der Waals surface area contributed by atoms with E-state index in [1.54, 1.807) is 0 Å². The van der Waals surface area contributed by atoms with E-state index in [0.717, 1.165) is 42.2 Å². The Morgan fingerprint density at radius 2 is 1.97 bits per heavy atom. The Morgan fingerprint density at radius 1 is 1.16 bits per heavy atom. The normalized spacial score (nSPS) is 20.8. The summed E-state index contributed by atoms with van der Waals surface area (Å²) in [5, 5.41) is 9.81. The van der Waals surface area contributed by atoms with Crippen LogP contribution < -0.4 is 0 Å². The summed E-state index contributed by atoms with van der Waals surface area (Å²) in [6.45, 7) is 7.89. The molecular weight excluding hydrogens is 408 g/mol. The van der Waals surface area contributed by atoms with Gasteiger partial charge in [-0.15, -0.1) is 0 Å². The zero-order valence-corrected chi connectivity index (χ0v) is 19.4. The first-order valence-corrected chi connectivity index (χ1v) is 11.6. The van der Waals surface area contributed by atoms with Crippen LogP contribution in [0.5, 0.6) is 0 Å². The number of hydrogen-bond acceptors (Lipinski definition) is 2. The van der Waals surface area contributed by atoms with Gasteiger partial charge < -0.3 is 9.84 Å². The maximum atomic E-state index is 10.9. The molecule has 1 saturated carbocycles. The molecule has 0 amide bonds. The highest BCUT2D eigenvalue weighted by atomic mass is 35.5. The predicted octanol–water partition coefficient (Wildman–Crippen LogP) is 6.65. The molecule has 1 heterocycles. The third-order valence-electron chi connectivity index (χ3n) is 7.09. The molecule has 1 N–H and O–H groups in total. The summed E-state index contributed by atoms with van der Waals surface area (Å²) in [6.07, 6.45) is 4.05. The quantitative estimate of drug-likeness (QED) is 0.526. The predicted molar refractivity (Wildman–Crippen MR) is 126 cm³/mol. The van der Waals surface area contributed by atoms with Crippen LogP contribution in [-0.4, -0.2) is 24.3 Å². The van der Waals surface area contributed by atoms with Gasteiger partial charge in [-0.2, -0.15) is 0 Å². The largest absolute Gasteiger partial charge is 0.481 e. The fourth-order valence-electron chi connectivity index (χ4n) is 4.98. The first kappa shape index (κ1) is 22.1. The molecule has 164 valence electrons. The zero-order chi connectivity index (χ0) is 22.1. The van der Waals surface area contributed by atoms with Crippen LogP contribution in [0, 0.1) is 26.7 Å². The number of carboxylic acid groups (broad SMARTS) is 1.